The Hall–Kier alpha value is -4.14. The smallest absolute Gasteiger partial charge is 0.254 e. The molecule has 0 radical (unpaired) electrons. The first-order valence-corrected chi connectivity index (χ1v) is 13.1. The molecule has 7 nitrogen and oxygen atoms in total. The van der Waals surface area contributed by atoms with Crippen LogP contribution < -0.4 is 5.32 Å². The maximum absolute atomic E-state index is 14.8. The maximum Gasteiger partial charge on any atom is 0.254 e. The Balaban J connectivity index is 1.32. The van der Waals surface area contributed by atoms with Crippen molar-refractivity contribution in [3.05, 3.63) is 106 Å². The van der Waals surface area contributed by atoms with Crippen LogP contribution in [-0.4, -0.2) is 64.6 Å². The Morgan fingerprint density at radius 2 is 1.77 bits per heavy atom. The van der Waals surface area contributed by atoms with Crippen molar-refractivity contribution in [2.45, 2.75) is 6.54 Å². The van der Waals surface area contributed by atoms with Crippen molar-refractivity contribution in [3.8, 4) is 11.3 Å². The van der Waals surface area contributed by atoms with E-state index in [2.05, 4.69) is 22.2 Å². The quantitative estimate of drug-likeness (QED) is 0.374. The number of nitrogens with one attached hydrogen (secondary N) is 1. The lowest BCUT2D eigenvalue weighted by molar-refractivity contribution is 0.0664. The number of amides is 1. The van der Waals surface area contributed by atoms with Crippen LogP contribution in [0.4, 0.5) is 16.0 Å². The van der Waals surface area contributed by atoms with Crippen LogP contribution in [0.15, 0.2) is 77.9 Å². The van der Waals surface area contributed by atoms with Crippen molar-refractivity contribution < 1.29 is 9.18 Å². The monoisotopic (exact) mass is 540 g/mol. The highest BCUT2D eigenvalue weighted by Gasteiger charge is 2.24. The molecular weight excluding hydrogens is 515 g/mol. The van der Waals surface area contributed by atoms with Gasteiger partial charge in [0.15, 0.2) is 0 Å². The molecule has 196 valence electrons. The largest absolute Gasteiger partial charge is 0.336 e. The number of likely N-dealkylation sites (N-methyl/N-ethyl adjacent to an activating group) is 1. The lowest BCUT2D eigenvalue weighted by Gasteiger charge is -2.32. The van der Waals surface area contributed by atoms with Crippen LogP contribution in [0.5, 0.6) is 0 Å². The summed E-state index contributed by atoms with van der Waals surface area (Å²) >= 11 is 6.36. The molecule has 1 amide bonds. The number of aromatic nitrogens is 2. The maximum atomic E-state index is 14.8. The number of carbonyl (C=O) groups is 1. The van der Waals surface area contributed by atoms with Crippen LogP contribution in [0.3, 0.4) is 0 Å². The number of anilines is 2. The second-order valence-corrected chi connectivity index (χ2v) is 10.1. The summed E-state index contributed by atoms with van der Waals surface area (Å²) in [7, 11) is 2.06. The van der Waals surface area contributed by atoms with Gasteiger partial charge in [-0.2, -0.15) is 0 Å². The van der Waals surface area contributed by atoms with Crippen LogP contribution >= 0.6 is 11.6 Å². The second-order valence-electron chi connectivity index (χ2n) is 9.70. The van der Waals surface area contributed by atoms with Crippen LogP contribution in [0.2, 0.25) is 5.02 Å². The van der Waals surface area contributed by atoms with Crippen molar-refractivity contribution in [2.24, 2.45) is 4.99 Å². The number of piperazine rings is 1. The molecule has 9 heteroatoms. The molecular formula is C30H26ClFN6O. The molecule has 1 saturated heterocycles. The molecule has 2 aliphatic rings. The van der Waals surface area contributed by atoms with Crippen molar-refractivity contribution in [1.29, 1.82) is 0 Å². The number of halogens is 2. The Kier molecular flexibility index (Phi) is 6.81. The van der Waals surface area contributed by atoms with E-state index in [1.807, 2.05) is 35.2 Å². The van der Waals surface area contributed by atoms with Gasteiger partial charge in [0.1, 0.15) is 5.82 Å². The number of aliphatic imine (C=N–C) groups is 1. The minimum atomic E-state index is -0.354. The molecule has 1 N–H and O–H groups in total. The summed E-state index contributed by atoms with van der Waals surface area (Å²) in [6, 6.07) is 19.4. The van der Waals surface area contributed by atoms with Gasteiger partial charge in [0.2, 0.25) is 5.95 Å². The molecule has 0 atom stereocenters. The number of hydrogen-bond donors (Lipinski definition) is 1. The Morgan fingerprint density at radius 1 is 0.949 bits per heavy atom. The molecule has 4 aromatic rings. The van der Waals surface area contributed by atoms with Crippen LogP contribution in [0.1, 0.15) is 27.0 Å². The molecule has 3 heterocycles. The summed E-state index contributed by atoms with van der Waals surface area (Å²) in [5, 5.41) is 3.77. The van der Waals surface area contributed by atoms with E-state index in [4.69, 9.17) is 21.6 Å². The third kappa shape index (κ3) is 5.13. The van der Waals surface area contributed by atoms with Gasteiger partial charge in [-0.1, -0.05) is 35.9 Å². The summed E-state index contributed by atoms with van der Waals surface area (Å²) in [5.74, 6) is 0.0407. The highest BCUT2D eigenvalue weighted by molar-refractivity contribution is 6.31. The standard InChI is InChI=1S/C30H26ClFN6O/c1-37-11-13-38(14-12-37)29(39)19-5-4-6-22(15-19)35-30-34-18-20-17-33-28(24-7-2-3-8-26(24)32)25-16-21(31)9-10-23(25)27(20)36-30/h2-10,15-16,18H,11-14,17H2,1H3,(H,34,35,36). The molecule has 0 saturated carbocycles. The molecule has 1 fully saturated rings. The van der Waals surface area contributed by atoms with Crippen molar-refractivity contribution in [2.75, 3.05) is 38.5 Å². The van der Waals surface area contributed by atoms with Crippen LogP contribution in [0.25, 0.3) is 11.3 Å². The SMILES string of the molecule is CN1CCN(C(=O)c2cccc(Nc3ncc4c(n3)-c3ccc(Cl)cc3C(c3ccccc3F)=NC4)c2)CC1. The highest BCUT2D eigenvalue weighted by Crippen LogP contribution is 2.34. The van der Waals surface area contributed by atoms with Gasteiger partial charge in [-0.25, -0.2) is 14.4 Å². The van der Waals surface area contributed by atoms with Crippen LogP contribution in [0, 0.1) is 5.82 Å². The van der Waals surface area contributed by atoms with Crippen molar-refractivity contribution >= 4 is 34.9 Å². The zero-order valence-electron chi connectivity index (χ0n) is 21.4. The van der Waals surface area contributed by atoms with E-state index in [1.54, 1.807) is 36.5 Å². The molecule has 0 spiro atoms. The average molecular weight is 541 g/mol. The lowest BCUT2D eigenvalue weighted by Crippen LogP contribution is -2.47. The third-order valence-corrected chi connectivity index (χ3v) is 7.28. The van der Waals surface area contributed by atoms with Gasteiger partial charge in [0.25, 0.3) is 5.91 Å². The number of hydrogen-bond acceptors (Lipinski definition) is 6. The minimum absolute atomic E-state index is 0.0122. The predicted octanol–water partition coefficient (Wildman–Crippen LogP) is 5.42. The lowest BCUT2D eigenvalue weighted by atomic mass is 9.95. The molecule has 1 aromatic heterocycles. The summed E-state index contributed by atoms with van der Waals surface area (Å²) in [5.41, 5.74) is 5.25. The highest BCUT2D eigenvalue weighted by atomic mass is 35.5. The normalized spacial score (nSPS) is 15.2. The number of benzene rings is 3. The van der Waals surface area contributed by atoms with E-state index in [9.17, 15) is 9.18 Å². The first-order valence-electron chi connectivity index (χ1n) is 12.8. The fraction of sp³-hybridized carbons (Fsp3) is 0.200. The van der Waals surface area contributed by atoms with Crippen molar-refractivity contribution in [3.63, 3.8) is 0 Å². The molecule has 6 rings (SSSR count). The summed E-state index contributed by atoms with van der Waals surface area (Å²) in [4.78, 5) is 31.3. The number of rotatable bonds is 4. The van der Waals surface area contributed by atoms with Gasteiger partial charge in [0, 0.05) is 70.9 Å². The van der Waals surface area contributed by atoms with E-state index >= 15 is 0 Å². The van der Waals surface area contributed by atoms with E-state index < -0.39 is 0 Å². The zero-order valence-corrected chi connectivity index (χ0v) is 22.1. The Morgan fingerprint density at radius 3 is 2.59 bits per heavy atom. The molecule has 0 aliphatic carbocycles. The first kappa shape index (κ1) is 25.2. The molecule has 0 bridgehead atoms. The van der Waals surface area contributed by atoms with E-state index in [0.717, 1.165) is 24.2 Å². The molecule has 39 heavy (non-hydrogen) atoms. The zero-order chi connectivity index (χ0) is 26.9. The van der Waals surface area contributed by atoms with E-state index in [0.29, 0.717) is 64.4 Å². The molecule has 3 aromatic carbocycles. The van der Waals surface area contributed by atoms with Gasteiger partial charge < -0.3 is 15.1 Å². The summed E-state index contributed by atoms with van der Waals surface area (Å²) in [6.07, 6.45) is 1.73. The van der Waals surface area contributed by atoms with Crippen LogP contribution in [-0.2, 0) is 6.54 Å². The third-order valence-electron chi connectivity index (χ3n) is 7.05. The van der Waals surface area contributed by atoms with Gasteiger partial charge >= 0.3 is 0 Å². The molecule has 0 unspecified atom stereocenters. The molecule has 2 aliphatic heterocycles. The van der Waals surface area contributed by atoms with Gasteiger partial charge in [-0.15, -0.1) is 0 Å². The fourth-order valence-corrected chi connectivity index (χ4v) is 5.09. The number of nitrogens with zero attached hydrogens (tertiary/aromatic N) is 5. The Labute approximate surface area is 231 Å². The predicted molar refractivity (Wildman–Crippen MR) is 151 cm³/mol. The Bertz CT molecular complexity index is 1600. The van der Waals surface area contributed by atoms with E-state index in [-0.39, 0.29) is 11.7 Å². The summed E-state index contributed by atoms with van der Waals surface area (Å²) < 4.78 is 14.8. The first-order chi connectivity index (χ1) is 19.0. The number of fused-ring (bicyclic) bond motifs is 3. The average Bonchev–Trinajstić information content (AvgIpc) is 3.10. The van der Waals surface area contributed by atoms with Gasteiger partial charge in [-0.3, -0.25) is 9.79 Å². The van der Waals surface area contributed by atoms with Gasteiger partial charge in [-0.05, 0) is 49.5 Å². The number of carbonyl (C=O) groups excluding carboxylic acids is 1. The van der Waals surface area contributed by atoms with Gasteiger partial charge in [0.05, 0.1) is 18.0 Å². The fourth-order valence-electron chi connectivity index (χ4n) is 4.92. The topological polar surface area (TPSA) is 73.7 Å². The minimum Gasteiger partial charge on any atom is -0.336 e. The second kappa shape index (κ2) is 10.6. The van der Waals surface area contributed by atoms with E-state index in [1.165, 1.54) is 6.07 Å². The summed E-state index contributed by atoms with van der Waals surface area (Å²) in [6.45, 7) is 3.44. The van der Waals surface area contributed by atoms with Crippen molar-refractivity contribution in [1.82, 2.24) is 19.8 Å².